The summed E-state index contributed by atoms with van der Waals surface area (Å²) in [5.41, 5.74) is 6.02. The summed E-state index contributed by atoms with van der Waals surface area (Å²) in [6.07, 6.45) is 0. The molecule has 0 unspecified atom stereocenters. The van der Waals surface area contributed by atoms with E-state index >= 15 is 0 Å². The standard InChI is InChI=1S/C14H17FN2O3S/c1-10-3-5-12(20-10)9-17(2)21(18,19)14-7-11(8-16)4-6-13(14)15/h3-7H,8-9,16H2,1-2H3. The SMILES string of the molecule is Cc1ccc(CN(C)S(=O)(=O)c2cc(CN)ccc2F)o1. The number of nitrogens with zero attached hydrogens (tertiary/aromatic N) is 1. The highest BCUT2D eigenvalue weighted by Crippen LogP contribution is 2.21. The number of sulfonamides is 1. The second-order valence-corrected chi connectivity index (χ2v) is 6.76. The van der Waals surface area contributed by atoms with Gasteiger partial charge in [0.2, 0.25) is 10.0 Å². The number of benzene rings is 1. The minimum atomic E-state index is -3.95. The highest BCUT2D eigenvalue weighted by Gasteiger charge is 2.25. The molecule has 0 aliphatic rings. The van der Waals surface area contributed by atoms with Gasteiger partial charge in [0, 0.05) is 13.6 Å². The highest BCUT2D eigenvalue weighted by molar-refractivity contribution is 7.89. The molecule has 0 bridgehead atoms. The van der Waals surface area contributed by atoms with Gasteiger partial charge >= 0.3 is 0 Å². The van der Waals surface area contributed by atoms with Crippen LogP contribution in [0.15, 0.2) is 39.6 Å². The molecule has 5 nitrogen and oxygen atoms in total. The third kappa shape index (κ3) is 3.31. The van der Waals surface area contributed by atoms with Crippen LogP contribution in [-0.2, 0) is 23.1 Å². The lowest BCUT2D eigenvalue weighted by molar-refractivity contribution is 0.395. The van der Waals surface area contributed by atoms with Crippen molar-refractivity contribution in [3.8, 4) is 0 Å². The molecule has 0 radical (unpaired) electrons. The summed E-state index contributed by atoms with van der Waals surface area (Å²) < 4.78 is 45.1. The quantitative estimate of drug-likeness (QED) is 0.916. The number of halogens is 1. The zero-order chi connectivity index (χ0) is 15.6. The van der Waals surface area contributed by atoms with Crippen molar-refractivity contribution >= 4 is 10.0 Å². The van der Waals surface area contributed by atoms with E-state index in [0.717, 1.165) is 10.4 Å². The molecule has 2 aromatic rings. The van der Waals surface area contributed by atoms with Crippen molar-refractivity contribution in [2.75, 3.05) is 7.05 Å². The molecule has 0 atom stereocenters. The van der Waals surface area contributed by atoms with E-state index in [2.05, 4.69) is 0 Å². The second-order valence-electron chi connectivity index (χ2n) is 4.74. The first-order valence-electron chi connectivity index (χ1n) is 6.34. The van der Waals surface area contributed by atoms with Crippen LogP contribution < -0.4 is 5.73 Å². The van der Waals surface area contributed by atoms with E-state index < -0.39 is 15.8 Å². The molecule has 114 valence electrons. The van der Waals surface area contributed by atoms with Crippen molar-refractivity contribution in [1.82, 2.24) is 4.31 Å². The number of aryl methyl sites for hydroxylation is 1. The molecule has 1 aromatic carbocycles. The topological polar surface area (TPSA) is 76.5 Å². The fourth-order valence-corrected chi connectivity index (χ4v) is 3.16. The van der Waals surface area contributed by atoms with Gasteiger partial charge in [-0.3, -0.25) is 0 Å². The Hall–Kier alpha value is -1.70. The molecule has 0 fully saturated rings. The second kappa shape index (κ2) is 5.97. The van der Waals surface area contributed by atoms with Crippen molar-refractivity contribution in [3.63, 3.8) is 0 Å². The van der Waals surface area contributed by atoms with Crippen LogP contribution >= 0.6 is 0 Å². The van der Waals surface area contributed by atoms with Crippen LogP contribution in [0.25, 0.3) is 0 Å². The van der Waals surface area contributed by atoms with Crippen molar-refractivity contribution in [2.24, 2.45) is 5.73 Å². The molecule has 0 aliphatic carbocycles. The van der Waals surface area contributed by atoms with Gasteiger partial charge < -0.3 is 10.2 Å². The van der Waals surface area contributed by atoms with Gasteiger partial charge in [-0.15, -0.1) is 0 Å². The zero-order valence-corrected chi connectivity index (χ0v) is 12.7. The van der Waals surface area contributed by atoms with Gasteiger partial charge in [-0.05, 0) is 36.8 Å². The normalized spacial score (nSPS) is 12.0. The van der Waals surface area contributed by atoms with Crippen molar-refractivity contribution in [3.05, 3.63) is 53.2 Å². The van der Waals surface area contributed by atoms with Crippen LogP contribution in [0.2, 0.25) is 0 Å². The Balaban J connectivity index is 2.32. The van der Waals surface area contributed by atoms with Crippen LogP contribution in [-0.4, -0.2) is 19.8 Å². The summed E-state index contributed by atoms with van der Waals surface area (Å²) in [6, 6.07) is 7.26. The molecule has 1 aromatic heterocycles. The zero-order valence-electron chi connectivity index (χ0n) is 11.8. The van der Waals surface area contributed by atoms with Gasteiger partial charge in [-0.2, -0.15) is 4.31 Å². The van der Waals surface area contributed by atoms with Crippen molar-refractivity contribution in [1.29, 1.82) is 0 Å². The molecule has 2 rings (SSSR count). The maximum Gasteiger partial charge on any atom is 0.246 e. The molecule has 21 heavy (non-hydrogen) atoms. The molecule has 0 amide bonds. The van der Waals surface area contributed by atoms with Gasteiger partial charge in [0.15, 0.2) is 0 Å². The Morgan fingerprint density at radius 2 is 2.00 bits per heavy atom. The summed E-state index contributed by atoms with van der Waals surface area (Å²) >= 11 is 0. The average molecular weight is 312 g/mol. The predicted molar refractivity (Wildman–Crippen MR) is 76.4 cm³/mol. The number of nitrogens with two attached hydrogens (primary N) is 1. The first-order valence-corrected chi connectivity index (χ1v) is 7.78. The third-order valence-corrected chi connectivity index (χ3v) is 4.91. The van der Waals surface area contributed by atoms with Gasteiger partial charge in [-0.25, -0.2) is 12.8 Å². The number of rotatable bonds is 5. The molecule has 1 heterocycles. The lowest BCUT2D eigenvalue weighted by Crippen LogP contribution is -2.27. The Morgan fingerprint density at radius 3 is 2.57 bits per heavy atom. The van der Waals surface area contributed by atoms with E-state index in [4.69, 9.17) is 10.2 Å². The molecule has 0 aliphatic heterocycles. The lowest BCUT2D eigenvalue weighted by Gasteiger charge is -2.17. The highest BCUT2D eigenvalue weighted by atomic mass is 32.2. The molecular weight excluding hydrogens is 295 g/mol. The molecule has 0 spiro atoms. The molecular formula is C14H17FN2O3S. The lowest BCUT2D eigenvalue weighted by atomic mass is 10.2. The Morgan fingerprint density at radius 1 is 1.29 bits per heavy atom. The third-order valence-electron chi connectivity index (χ3n) is 3.09. The number of hydrogen-bond donors (Lipinski definition) is 1. The van der Waals surface area contributed by atoms with E-state index in [1.807, 2.05) is 0 Å². The van der Waals surface area contributed by atoms with Gasteiger partial charge in [0.05, 0.1) is 6.54 Å². The number of hydrogen-bond acceptors (Lipinski definition) is 4. The fourth-order valence-electron chi connectivity index (χ4n) is 1.91. The minimum Gasteiger partial charge on any atom is -0.465 e. The largest absolute Gasteiger partial charge is 0.465 e. The first-order chi connectivity index (χ1) is 9.84. The van der Waals surface area contributed by atoms with E-state index in [0.29, 0.717) is 17.1 Å². The summed E-state index contributed by atoms with van der Waals surface area (Å²) in [4.78, 5) is -0.378. The van der Waals surface area contributed by atoms with Crippen LogP contribution in [0.1, 0.15) is 17.1 Å². The van der Waals surface area contributed by atoms with Crippen LogP contribution in [0, 0.1) is 12.7 Å². The summed E-state index contributed by atoms with van der Waals surface area (Å²) in [5.74, 6) is 0.385. The van der Waals surface area contributed by atoms with Gasteiger partial charge in [0.25, 0.3) is 0 Å². The Labute approximate surface area is 123 Å². The fraction of sp³-hybridized carbons (Fsp3) is 0.286. The van der Waals surface area contributed by atoms with Crippen molar-refractivity contribution in [2.45, 2.75) is 24.9 Å². The van der Waals surface area contributed by atoms with E-state index in [1.54, 1.807) is 19.1 Å². The van der Waals surface area contributed by atoms with Crippen LogP contribution in [0.3, 0.4) is 0 Å². The van der Waals surface area contributed by atoms with E-state index in [-0.39, 0.29) is 18.0 Å². The maximum absolute atomic E-state index is 13.8. The summed E-state index contributed by atoms with van der Waals surface area (Å²) in [7, 11) is -2.57. The number of furan rings is 1. The van der Waals surface area contributed by atoms with Gasteiger partial charge in [0.1, 0.15) is 22.2 Å². The minimum absolute atomic E-state index is 0.0302. The summed E-state index contributed by atoms with van der Waals surface area (Å²) in [6.45, 7) is 1.94. The molecule has 2 N–H and O–H groups in total. The first kappa shape index (κ1) is 15.7. The van der Waals surface area contributed by atoms with Crippen molar-refractivity contribution < 1.29 is 17.2 Å². The molecule has 0 saturated carbocycles. The summed E-state index contributed by atoms with van der Waals surface area (Å²) in [5, 5.41) is 0. The Bertz CT molecular complexity index is 740. The monoisotopic (exact) mass is 312 g/mol. The smallest absolute Gasteiger partial charge is 0.246 e. The van der Waals surface area contributed by atoms with E-state index in [9.17, 15) is 12.8 Å². The molecule has 0 saturated heterocycles. The maximum atomic E-state index is 13.8. The average Bonchev–Trinajstić information content (AvgIpc) is 2.84. The molecule has 7 heteroatoms. The van der Waals surface area contributed by atoms with E-state index in [1.165, 1.54) is 19.2 Å². The van der Waals surface area contributed by atoms with Crippen LogP contribution in [0.4, 0.5) is 4.39 Å². The van der Waals surface area contributed by atoms with Gasteiger partial charge in [-0.1, -0.05) is 6.07 Å². The predicted octanol–water partition coefficient (Wildman–Crippen LogP) is 2.01. The van der Waals surface area contributed by atoms with Crippen LogP contribution in [0.5, 0.6) is 0 Å². The Kier molecular flexibility index (Phi) is 4.46.